The van der Waals surface area contributed by atoms with E-state index >= 15 is 0 Å². The van der Waals surface area contributed by atoms with Gasteiger partial charge in [-0.3, -0.25) is 14.4 Å². The fourth-order valence-electron chi connectivity index (χ4n) is 2.33. The van der Waals surface area contributed by atoms with Crippen molar-refractivity contribution in [2.75, 3.05) is 11.1 Å². The third kappa shape index (κ3) is 7.34. The molecule has 1 amide bonds. The summed E-state index contributed by atoms with van der Waals surface area (Å²) in [6, 6.07) is 12.5. The molecule has 29 heavy (non-hydrogen) atoms. The average molecular weight is 418 g/mol. The Hall–Kier alpha value is -2.67. The molecule has 0 saturated carbocycles. The van der Waals surface area contributed by atoms with Crippen LogP contribution in [0.15, 0.2) is 53.4 Å². The number of thioether (sulfide) groups is 1. The minimum absolute atomic E-state index is 0.107. The average Bonchev–Trinajstić information content (AvgIpc) is 2.69. The first-order chi connectivity index (χ1) is 13.8. The lowest BCUT2D eigenvalue weighted by molar-refractivity contribution is -0.145. The summed E-state index contributed by atoms with van der Waals surface area (Å²) in [7, 11) is 0. The fraction of sp³-hybridized carbons (Fsp3) is 0.318. The zero-order valence-electron chi connectivity index (χ0n) is 16.6. The van der Waals surface area contributed by atoms with Crippen LogP contribution in [0.1, 0.15) is 37.6 Å². The maximum Gasteiger partial charge on any atom is 0.307 e. The summed E-state index contributed by atoms with van der Waals surface area (Å²) in [5.41, 5.74) is 0.997. The highest BCUT2D eigenvalue weighted by atomic mass is 32.2. The predicted octanol–water partition coefficient (Wildman–Crippen LogP) is 4.72. The van der Waals surface area contributed by atoms with Gasteiger partial charge < -0.3 is 10.1 Å². The molecule has 0 fully saturated rings. The van der Waals surface area contributed by atoms with Crippen LogP contribution in [-0.4, -0.2) is 29.5 Å². The minimum Gasteiger partial charge on any atom is -0.454 e. The Morgan fingerprint density at radius 1 is 1.00 bits per heavy atom. The van der Waals surface area contributed by atoms with Crippen molar-refractivity contribution in [3.05, 3.63) is 59.9 Å². The van der Waals surface area contributed by atoms with E-state index in [1.807, 2.05) is 0 Å². The summed E-state index contributed by atoms with van der Waals surface area (Å²) in [5, 5.41) is 2.75. The highest BCUT2D eigenvalue weighted by Crippen LogP contribution is 2.19. The number of carbonyl (C=O) groups excluding carboxylic acids is 3. The third-order valence-corrected chi connectivity index (χ3v) is 5.04. The van der Waals surface area contributed by atoms with E-state index < -0.39 is 12.1 Å². The lowest BCUT2D eigenvalue weighted by Gasteiger charge is -2.13. The lowest BCUT2D eigenvalue weighted by Crippen LogP contribution is -2.24. The number of amides is 1. The lowest BCUT2D eigenvalue weighted by atomic mass is 10.1. The number of Topliss-reactive ketones (excluding diaryl/α,β-unsaturated/α-hetero) is 1. The molecule has 0 saturated heterocycles. The van der Waals surface area contributed by atoms with E-state index in [-0.39, 0.29) is 29.8 Å². The molecule has 0 aromatic heterocycles. The van der Waals surface area contributed by atoms with Gasteiger partial charge in [-0.05, 0) is 55.5 Å². The van der Waals surface area contributed by atoms with Crippen LogP contribution in [0, 0.1) is 11.7 Å². The van der Waals surface area contributed by atoms with Gasteiger partial charge in [0.15, 0.2) is 6.10 Å². The first-order valence-electron chi connectivity index (χ1n) is 9.29. The Bertz CT molecular complexity index is 850. The number of nitrogens with one attached hydrogen (secondary N) is 1. The molecule has 2 rings (SSSR count). The van der Waals surface area contributed by atoms with Crippen molar-refractivity contribution in [3.63, 3.8) is 0 Å². The van der Waals surface area contributed by atoms with E-state index in [1.165, 1.54) is 30.8 Å². The van der Waals surface area contributed by atoms with Crippen LogP contribution >= 0.6 is 11.8 Å². The Labute approximate surface area is 174 Å². The van der Waals surface area contributed by atoms with Gasteiger partial charge in [0.25, 0.3) is 0 Å². The molecule has 0 aliphatic carbocycles. The quantitative estimate of drug-likeness (QED) is 0.363. The van der Waals surface area contributed by atoms with E-state index in [2.05, 4.69) is 5.32 Å². The normalized spacial score (nSPS) is 11.8. The maximum atomic E-state index is 12.9. The fourth-order valence-corrected chi connectivity index (χ4v) is 3.16. The summed E-state index contributed by atoms with van der Waals surface area (Å²) >= 11 is 1.41. The Kier molecular flexibility index (Phi) is 8.39. The number of benzene rings is 2. The van der Waals surface area contributed by atoms with E-state index in [1.54, 1.807) is 50.2 Å². The highest BCUT2D eigenvalue weighted by molar-refractivity contribution is 7.99. The van der Waals surface area contributed by atoms with E-state index in [0.717, 1.165) is 4.90 Å². The second kappa shape index (κ2) is 10.8. The van der Waals surface area contributed by atoms with Gasteiger partial charge in [-0.25, -0.2) is 4.39 Å². The first kappa shape index (κ1) is 22.6. The second-order valence-corrected chi connectivity index (χ2v) is 7.94. The largest absolute Gasteiger partial charge is 0.454 e. The zero-order valence-corrected chi connectivity index (χ0v) is 17.4. The number of carbonyl (C=O) groups is 3. The summed E-state index contributed by atoms with van der Waals surface area (Å²) in [6.07, 6.45) is -0.769. The Balaban J connectivity index is 1.80. The molecular formula is C22H24FNO4S. The molecule has 154 valence electrons. The van der Waals surface area contributed by atoms with Crippen LogP contribution in [0.2, 0.25) is 0 Å². The van der Waals surface area contributed by atoms with Crippen LogP contribution in [-0.2, 0) is 14.3 Å². The predicted molar refractivity (Wildman–Crippen MR) is 112 cm³/mol. The molecule has 0 radical (unpaired) electrons. The van der Waals surface area contributed by atoms with Crippen molar-refractivity contribution in [1.82, 2.24) is 0 Å². The van der Waals surface area contributed by atoms with Crippen molar-refractivity contribution in [3.8, 4) is 0 Å². The molecule has 1 atom stereocenters. The molecule has 0 heterocycles. The van der Waals surface area contributed by atoms with Gasteiger partial charge in [0.2, 0.25) is 11.7 Å². The van der Waals surface area contributed by atoms with Crippen LogP contribution in [0.3, 0.4) is 0 Å². The minimum atomic E-state index is -0.908. The number of esters is 1. The zero-order chi connectivity index (χ0) is 21.4. The maximum absolute atomic E-state index is 12.9. The highest BCUT2D eigenvalue weighted by Gasteiger charge is 2.19. The van der Waals surface area contributed by atoms with Crippen molar-refractivity contribution in [2.24, 2.45) is 5.92 Å². The SMILES string of the molecule is CC(C)C(=O)Nc1ccc(C(=O)[C@H](C)OC(=O)CCSc2ccc(F)cc2)cc1. The molecule has 1 N–H and O–H groups in total. The van der Waals surface area contributed by atoms with Gasteiger partial charge in [-0.15, -0.1) is 11.8 Å². The number of rotatable bonds is 9. The number of halogens is 1. The summed E-state index contributed by atoms with van der Waals surface area (Å²) in [6.45, 7) is 5.12. The molecule has 0 bridgehead atoms. The van der Waals surface area contributed by atoms with Crippen molar-refractivity contribution < 1.29 is 23.5 Å². The summed E-state index contributed by atoms with van der Waals surface area (Å²) in [4.78, 5) is 37.0. The Morgan fingerprint density at radius 2 is 1.62 bits per heavy atom. The molecule has 2 aromatic rings. The summed E-state index contributed by atoms with van der Waals surface area (Å²) < 4.78 is 18.1. The smallest absolute Gasteiger partial charge is 0.307 e. The second-order valence-electron chi connectivity index (χ2n) is 6.77. The van der Waals surface area contributed by atoms with Crippen molar-refractivity contribution in [2.45, 2.75) is 38.2 Å². The van der Waals surface area contributed by atoms with Crippen molar-refractivity contribution >= 4 is 35.1 Å². The number of anilines is 1. The molecule has 0 aliphatic rings. The number of ether oxygens (including phenoxy) is 1. The van der Waals surface area contributed by atoms with E-state index in [0.29, 0.717) is 17.0 Å². The van der Waals surface area contributed by atoms with Crippen LogP contribution in [0.25, 0.3) is 0 Å². The van der Waals surface area contributed by atoms with Gasteiger partial charge in [0, 0.05) is 27.8 Å². The standard InChI is InChI=1S/C22H24FNO4S/c1-14(2)22(27)24-18-8-4-16(5-9-18)21(26)15(3)28-20(25)12-13-29-19-10-6-17(23)7-11-19/h4-11,14-15H,12-13H2,1-3H3,(H,24,27)/t15-/m0/s1. The van der Waals surface area contributed by atoms with Crippen LogP contribution in [0.5, 0.6) is 0 Å². The number of ketones is 1. The molecule has 7 heteroatoms. The molecule has 0 unspecified atom stereocenters. The van der Waals surface area contributed by atoms with Gasteiger partial charge in [-0.2, -0.15) is 0 Å². The van der Waals surface area contributed by atoms with Gasteiger partial charge in [0.1, 0.15) is 5.82 Å². The van der Waals surface area contributed by atoms with E-state index in [9.17, 15) is 18.8 Å². The monoisotopic (exact) mass is 417 g/mol. The molecule has 5 nitrogen and oxygen atoms in total. The third-order valence-electron chi connectivity index (χ3n) is 4.03. The van der Waals surface area contributed by atoms with Crippen LogP contribution in [0.4, 0.5) is 10.1 Å². The molecular weight excluding hydrogens is 393 g/mol. The van der Waals surface area contributed by atoms with Crippen molar-refractivity contribution in [1.29, 1.82) is 0 Å². The number of hydrogen-bond donors (Lipinski definition) is 1. The van der Waals surface area contributed by atoms with Gasteiger partial charge >= 0.3 is 5.97 Å². The van der Waals surface area contributed by atoms with Gasteiger partial charge in [0.05, 0.1) is 6.42 Å². The first-order valence-corrected chi connectivity index (χ1v) is 10.3. The van der Waals surface area contributed by atoms with E-state index in [4.69, 9.17) is 4.74 Å². The number of hydrogen-bond acceptors (Lipinski definition) is 5. The van der Waals surface area contributed by atoms with Gasteiger partial charge in [-0.1, -0.05) is 13.8 Å². The topological polar surface area (TPSA) is 72.5 Å². The molecule has 0 aliphatic heterocycles. The molecule has 2 aromatic carbocycles. The van der Waals surface area contributed by atoms with Crippen LogP contribution < -0.4 is 5.32 Å². The summed E-state index contributed by atoms with van der Waals surface area (Å²) in [5.74, 6) is -0.874. The Morgan fingerprint density at radius 3 is 2.21 bits per heavy atom. The molecule has 0 spiro atoms.